The molecule has 2 heterocycles. The van der Waals surface area contributed by atoms with Crippen molar-refractivity contribution in [1.82, 2.24) is 10.3 Å². The first kappa shape index (κ1) is 12.2. The fourth-order valence-electron chi connectivity index (χ4n) is 1.26. The van der Waals surface area contributed by atoms with Gasteiger partial charge in [0.25, 0.3) is 5.91 Å². The van der Waals surface area contributed by atoms with Crippen LogP contribution in [0.3, 0.4) is 0 Å². The Hall–Kier alpha value is -1.27. The van der Waals surface area contributed by atoms with Crippen LogP contribution >= 0.6 is 27.3 Å². The SMILES string of the molecule is O=C(NCc1sccc1Br)c1ccnc(F)c1. The molecule has 0 radical (unpaired) electrons. The van der Waals surface area contributed by atoms with Crippen LogP contribution in [0, 0.1) is 5.95 Å². The largest absolute Gasteiger partial charge is 0.347 e. The molecule has 0 bridgehead atoms. The first-order chi connectivity index (χ1) is 8.16. The fraction of sp³-hybridized carbons (Fsp3) is 0.0909. The van der Waals surface area contributed by atoms with Gasteiger partial charge in [0, 0.05) is 27.2 Å². The zero-order valence-electron chi connectivity index (χ0n) is 8.61. The first-order valence-electron chi connectivity index (χ1n) is 4.78. The zero-order valence-corrected chi connectivity index (χ0v) is 11.0. The maximum absolute atomic E-state index is 12.8. The van der Waals surface area contributed by atoms with Gasteiger partial charge in [-0.3, -0.25) is 4.79 Å². The van der Waals surface area contributed by atoms with Crippen LogP contribution in [-0.2, 0) is 6.54 Å². The molecule has 0 saturated heterocycles. The first-order valence-corrected chi connectivity index (χ1v) is 6.45. The highest BCUT2D eigenvalue weighted by molar-refractivity contribution is 9.10. The number of nitrogens with zero attached hydrogens (tertiary/aromatic N) is 1. The molecule has 2 aromatic heterocycles. The van der Waals surface area contributed by atoms with Gasteiger partial charge in [0.15, 0.2) is 0 Å². The van der Waals surface area contributed by atoms with Crippen molar-refractivity contribution in [3.8, 4) is 0 Å². The second-order valence-electron chi connectivity index (χ2n) is 3.24. The second kappa shape index (κ2) is 5.37. The normalized spacial score (nSPS) is 10.2. The van der Waals surface area contributed by atoms with Gasteiger partial charge < -0.3 is 5.32 Å². The average molecular weight is 315 g/mol. The summed E-state index contributed by atoms with van der Waals surface area (Å²) in [6, 6.07) is 4.50. The van der Waals surface area contributed by atoms with E-state index in [4.69, 9.17) is 0 Å². The monoisotopic (exact) mass is 314 g/mol. The Morgan fingerprint density at radius 2 is 2.35 bits per heavy atom. The Balaban J connectivity index is 2.01. The van der Waals surface area contributed by atoms with Crippen LogP contribution in [0.2, 0.25) is 0 Å². The Morgan fingerprint density at radius 1 is 1.53 bits per heavy atom. The molecule has 88 valence electrons. The molecule has 0 aromatic carbocycles. The molecule has 2 aromatic rings. The minimum absolute atomic E-state index is 0.269. The third-order valence-electron chi connectivity index (χ3n) is 2.09. The van der Waals surface area contributed by atoms with Crippen LogP contribution in [0.15, 0.2) is 34.2 Å². The number of thiophene rings is 1. The summed E-state index contributed by atoms with van der Waals surface area (Å²) < 4.78 is 13.8. The lowest BCUT2D eigenvalue weighted by Crippen LogP contribution is -2.22. The molecule has 0 spiro atoms. The van der Waals surface area contributed by atoms with E-state index in [2.05, 4.69) is 26.2 Å². The lowest BCUT2D eigenvalue weighted by molar-refractivity contribution is 0.0950. The zero-order chi connectivity index (χ0) is 12.3. The number of hydrogen-bond acceptors (Lipinski definition) is 3. The summed E-state index contributed by atoms with van der Waals surface area (Å²) in [5, 5.41) is 4.64. The molecule has 3 nitrogen and oxygen atoms in total. The van der Waals surface area contributed by atoms with E-state index in [9.17, 15) is 9.18 Å². The third-order valence-corrected chi connectivity index (χ3v) is 4.02. The quantitative estimate of drug-likeness (QED) is 0.885. The Labute approximate surface area is 110 Å². The van der Waals surface area contributed by atoms with Gasteiger partial charge in [-0.25, -0.2) is 4.98 Å². The molecule has 6 heteroatoms. The van der Waals surface area contributed by atoms with E-state index in [0.29, 0.717) is 6.54 Å². The standard InChI is InChI=1S/C11H8BrFN2OS/c12-8-2-4-17-9(8)6-15-11(16)7-1-3-14-10(13)5-7/h1-5H,6H2,(H,15,16). The number of aromatic nitrogens is 1. The number of halogens is 2. The average Bonchev–Trinajstić information content (AvgIpc) is 2.72. The van der Waals surface area contributed by atoms with Gasteiger partial charge in [0.1, 0.15) is 0 Å². The summed E-state index contributed by atoms with van der Waals surface area (Å²) >= 11 is 4.92. The number of hydrogen-bond donors (Lipinski definition) is 1. The summed E-state index contributed by atoms with van der Waals surface area (Å²) in [6.07, 6.45) is 1.27. The fourth-order valence-corrected chi connectivity index (χ4v) is 2.69. The van der Waals surface area contributed by atoms with Crippen LogP contribution in [0.5, 0.6) is 0 Å². The number of rotatable bonds is 3. The molecule has 0 aliphatic carbocycles. The second-order valence-corrected chi connectivity index (χ2v) is 5.10. The van der Waals surface area contributed by atoms with E-state index in [-0.39, 0.29) is 11.5 Å². The van der Waals surface area contributed by atoms with Gasteiger partial charge in [-0.1, -0.05) is 0 Å². The highest BCUT2D eigenvalue weighted by Crippen LogP contribution is 2.22. The maximum Gasteiger partial charge on any atom is 0.251 e. The van der Waals surface area contributed by atoms with Gasteiger partial charge in [-0.15, -0.1) is 11.3 Å². The molecule has 1 amide bonds. The van der Waals surface area contributed by atoms with Gasteiger partial charge >= 0.3 is 0 Å². The summed E-state index contributed by atoms with van der Waals surface area (Å²) in [7, 11) is 0. The lowest BCUT2D eigenvalue weighted by Gasteiger charge is -2.04. The molecule has 0 aliphatic rings. The topological polar surface area (TPSA) is 42.0 Å². The third kappa shape index (κ3) is 3.10. The van der Waals surface area contributed by atoms with E-state index in [1.807, 2.05) is 11.4 Å². The minimum Gasteiger partial charge on any atom is -0.347 e. The number of amides is 1. The number of carbonyl (C=O) groups excluding carboxylic acids is 1. The van der Waals surface area contributed by atoms with E-state index >= 15 is 0 Å². The summed E-state index contributed by atoms with van der Waals surface area (Å²) in [5.41, 5.74) is 0.269. The van der Waals surface area contributed by atoms with Gasteiger partial charge in [0.2, 0.25) is 5.95 Å². The summed E-state index contributed by atoms with van der Waals surface area (Å²) in [5.74, 6) is -0.971. The smallest absolute Gasteiger partial charge is 0.251 e. The molecule has 1 N–H and O–H groups in total. The van der Waals surface area contributed by atoms with Crippen molar-refractivity contribution in [2.24, 2.45) is 0 Å². The van der Waals surface area contributed by atoms with Crippen molar-refractivity contribution in [3.05, 3.63) is 50.6 Å². The predicted molar refractivity (Wildman–Crippen MR) is 67.4 cm³/mol. The molecule has 0 saturated carbocycles. The van der Waals surface area contributed by atoms with Crippen LogP contribution in [0.1, 0.15) is 15.2 Å². The Kier molecular flexibility index (Phi) is 3.86. The van der Waals surface area contributed by atoms with Crippen molar-refractivity contribution < 1.29 is 9.18 Å². The summed E-state index contributed by atoms with van der Waals surface area (Å²) in [4.78, 5) is 16.1. The maximum atomic E-state index is 12.8. The lowest BCUT2D eigenvalue weighted by atomic mass is 10.2. The van der Waals surface area contributed by atoms with Crippen molar-refractivity contribution in [2.45, 2.75) is 6.54 Å². The highest BCUT2D eigenvalue weighted by Gasteiger charge is 2.08. The van der Waals surface area contributed by atoms with Crippen LogP contribution in [0.4, 0.5) is 4.39 Å². The van der Waals surface area contributed by atoms with Gasteiger partial charge in [-0.05, 0) is 33.4 Å². The number of pyridine rings is 1. The van der Waals surface area contributed by atoms with E-state index in [0.717, 1.165) is 15.4 Å². The molecule has 0 fully saturated rings. The van der Waals surface area contributed by atoms with E-state index < -0.39 is 5.95 Å². The molecule has 0 unspecified atom stereocenters. The Morgan fingerprint density at radius 3 is 3.00 bits per heavy atom. The highest BCUT2D eigenvalue weighted by atomic mass is 79.9. The molecule has 0 aliphatic heterocycles. The number of carbonyl (C=O) groups is 1. The molecule has 0 atom stereocenters. The van der Waals surface area contributed by atoms with Crippen molar-refractivity contribution >= 4 is 33.2 Å². The molecular weight excluding hydrogens is 307 g/mol. The van der Waals surface area contributed by atoms with Gasteiger partial charge in [-0.2, -0.15) is 4.39 Å². The predicted octanol–water partition coefficient (Wildman–Crippen LogP) is 2.97. The van der Waals surface area contributed by atoms with Gasteiger partial charge in [0.05, 0.1) is 6.54 Å². The van der Waals surface area contributed by atoms with Crippen LogP contribution in [-0.4, -0.2) is 10.9 Å². The van der Waals surface area contributed by atoms with Crippen LogP contribution < -0.4 is 5.32 Å². The molecule has 17 heavy (non-hydrogen) atoms. The summed E-state index contributed by atoms with van der Waals surface area (Å²) in [6.45, 7) is 0.418. The van der Waals surface area contributed by atoms with Crippen molar-refractivity contribution in [3.63, 3.8) is 0 Å². The van der Waals surface area contributed by atoms with Crippen molar-refractivity contribution in [2.75, 3.05) is 0 Å². The Bertz CT molecular complexity index is 544. The minimum atomic E-state index is -0.657. The van der Waals surface area contributed by atoms with E-state index in [1.54, 1.807) is 11.3 Å². The van der Waals surface area contributed by atoms with Crippen molar-refractivity contribution in [1.29, 1.82) is 0 Å². The molecule has 2 rings (SSSR count). The molecular formula is C11H8BrFN2OS. The number of nitrogens with one attached hydrogen (secondary N) is 1. The van der Waals surface area contributed by atoms with E-state index in [1.165, 1.54) is 12.3 Å². The van der Waals surface area contributed by atoms with Crippen LogP contribution in [0.25, 0.3) is 0 Å².